The number of nitriles is 1. The second-order valence-corrected chi connectivity index (χ2v) is 4.21. The number of nitro groups is 1. The number of hydrogen-bond donors (Lipinski definition) is 1. The van der Waals surface area contributed by atoms with Gasteiger partial charge in [-0.1, -0.05) is 11.6 Å². The minimum Gasteiger partial charge on any atom is -0.487 e. The maximum Gasteiger partial charge on any atom is 0.311 e. The van der Waals surface area contributed by atoms with E-state index in [2.05, 4.69) is 5.32 Å². The minimum atomic E-state index is -0.529. The highest BCUT2D eigenvalue weighted by molar-refractivity contribution is 6.33. The zero-order chi connectivity index (χ0) is 14.0. The van der Waals surface area contributed by atoms with Gasteiger partial charge in [-0.2, -0.15) is 5.26 Å². The fraction of sp³-hybridized carbons (Fsp3) is 0.250. The Morgan fingerprint density at radius 1 is 1.68 bits per heavy atom. The van der Waals surface area contributed by atoms with Crippen LogP contribution in [0.2, 0.25) is 0 Å². The van der Waals surface area contributed by atoms with Crippen LogP contribution < -0.4 is 5.32 Å². The fourth-order valence-corrected chi connectivity index (χ4v) is 2.13. The lowest BCUT2D eigenvalue weighted by molar-refractivity contribution is -0.424. The van der Waals surface area contributed by atoms with Crippen LogP contribution in [0.5, 0.6) is 0 Å². The van der Waals surface area contributed by atoms with Crippen LogP contribution in [0.15, 0.2) is 46.0 Å². The maximum absolute atomic E-state index is 11.0. The van der Waals surface area contributed by atoms with Gasteiger partial charge in [-0.25, -0.2) is 0 Å². The van der Waals surface area contributed by atoms with Crippen molar-refractivity contribution in [3.8, 4) is 6.07 Å². The van der Waals surface area contributed by atoms with Gasteiger partial charge in [-0.3, -0.25) is 10.1 Å². The molecule has 0 aromatic heterocycles. The van der Waals surface area contributed by atoms with Crippen LogP contribution in [-0.2, 0) is 4.74 Å². The van der Waals surface area contributed by atoms with Crippen molar-refractivity contribution in [1.29, 1.82) is 5.26 Å². The van der Waals surface area contributed by atoms with E-state index in [1.807, 2.05) is 6.07 Å². The number of hydrogen-bond acceptors (Lipinski definition) is 5. The largest absolute Gasteiger partial charge is 0.487 e. The highest BCUT2D eigenvalue weighted by atomic mass is 35.5. The molecule has 7 heteroatoms. The molecule has 1 heterocycles. The highest BCUT2D eigenvalue weighted by Gasteiger charge is 2.31. The van der Waals surface area contributed by atoms with Crippen molar-refractivity contribution in [3.05, 3.63) is 56.1 Å². The highest BCUT2D eigenvalue weighted by Crippen LogP contribution is 2.32. The van der Waals surface area contributed by atoms with E-state index in [0.29, 0.717) is 12.2 Å². The van der Waals surface area contributed by atoms with Gasteiger partial charge in [0, 0.05) is 17.8 Å². The molecule has 0 saturated carbocycles. The van der Waals surface area contributed by atoms with E-state index in [1.54, 1.807) is 13.0 Å². The first-order chi connectivity index (χ1) is 9.08. The Balaban J connectivity index is 2.49. The summed E-state index contributed by atoms with van der Waals surface area (Å²) in [7, 11) is 0. The number of rotatable bonds is 3. The third-order valence-electron chi connectivity index (χ3n) is 2.71. The van der Waals surface area contributed by atoms with E-state index < -0.39 is 4.92 Å². The van der Waals surface area contributed by atoms with Gasteiger partial charge in [0.25, 0.3) is 0 Å². The Morgan fingerprint density at radius 2 is 2.42 bits per heavy atom. The lowest BCUT2D eigenvalue weighted by atomic mass is 9.95. The van der Waals surface area contributed by atoms with Gasteiger partial charge in [0.05, 0.1) is 28.2 Å². The number of halogens is 1. The van der Waals surface area contributed by atoms with Gasteiger partial charge >= 0.3 is 5.70 Å². The average Bonchev–Trinajstić information content (AvgIpc) is 2.39. The van der Waals surface area contributed by atoms with E-state index in [-0.39, 0.29) is 28.1 Å². The van der Waals surface area contributed by atoms with Crippen LogP contribution >= 0.6 is 11.6 Å². The first-order valence-corrected chi connectivity index (χ1v) is 5.93. The van der Waals surface area contributed by atoms with Gasteiger partial charge in [0.1, 0.15) is 6.07 Å². The van der Waals surface area contributed by atoms with Gasteiger partial charge in [0.15, 0.2) is 5.76 Å². The molecule has 2 aliphatic rings. The summed E-state index contributed by atoms with van der Waals surface area (Å²) in [5.41, 5.74) is 0.586. The van der Waals surface area contributed by atoms with E-state index in [0.717, 1.165) is 0 Å². The molecule has 0 amide bonds. The SMILES string of the molecule is CCOC1=CC2NC=C(C#N)C(Cl)=C2C=C1[N+](=O)[O-]. The summed E-state index contributed by atoms with van der Waals surface area (Å²) >= 11 is 6.06. The molecule has 1 aliphatic carbocycles. The Hall–Kier alpha value is -2.26. The molecule has 0 bridgehead atoms. The van der Waals surface area contributed by atoms with Crippen molar-refractivity contribution in [2.45, 2.75) is 13.0 Å². The molecule has 0 fully saturated rings. The smallest absolute Gasteiger partial charge is 0.311 e. The Morgan fingerprint density at radius 3 is 3.00 bits per heavy atom. The number of fused-ring (bicyclic) bond motifs is 1. The van der Waals surface area contributed by atoms with Gasteiger partial charge in [0.2, 0.25) is 0 Å². The van der Waals surface area contributed by atoms with Crippen molar-refractivity contribution in [1.82, 2.24) is 5.32 Å². The van der Waals surface area contributed by atoms with Gasteiger partial charge in [-0.05, 0) is 13.0 Å². The van der Waals surface area contributed by atoms with E-state index in [4.69, 9.17) is 21.6 Å². The van der Waals surface area contributed by atoms with Crippen LogP contribution in [-0.4, -0.2) is 17.6 Å². The summed E-state index contributed by atoms with van der Waals surface area (Å²) in [5.74, 6) is 0.201. The second kappa shape index (κ2) is 5.16. The molecule has 19 heavy (non-hydrogen) atoms. The summed E-state index contributed by atoms with van der Waals surface area (Å²) in [6.07, 6.45) is 4.42. The molecule has 2 rings (SSSR count). The third-order valence-corrected chi connectivity index (χ3v) is 3.13. The lowest BCUT2D eigenvalue weighted by Gasteiger charge is -2.25. The molecule has 1 N–H and O–H groups in total. The monoisotopic (exact) mass is 279 g/mol. The Labute approximate surface area is 114 Å². The van der Waals surface area contributed by atoms with Gasteiger partial charge < -0.3 is 10.1 Å². The van der Waals surface area contributed by atoms with Crippen molar-refractivity contribution >= 4 is 11.6 Å². The molecular weight excluding hydrogens is 270 g/mol. The summed E-state index contributed by atoms with van der Waals surface area (Å²) in [6, 6.07) is 1.60. The molecular formula is C12H10ClN3O3. The molecule has 1 unspecified atom stereocenters. The number of nitrogens with one attached hydrogen (secondary N) is 1. The van der Waals surface area contributed by atoms with Crippen LogP contribution in [0.25, 0.3) is 0 Å². The van der Waals surface area contributed by atoms with E-state index in [9.17, 15) is 10.1 Å². The number of allylic oxidation sites excluding steroid dienone is 2. The molecule has 6 nitrogen and oxygen atoms in total. The molecule has 98 valence electrons. The van der Waals surface area contributed by atoms with Crippen molar-refractivity contribution in [2.75, 3.05) is 6.61 Å². The first-order valence-electron chi connectivity index (χ1n) is 5.56. The molecule has 0 spiro atoms. The molecule has 0 saturated heterocycles. The number of ether oxygens (including phenoxy) is 1. The normalized spacial score (nSPS) is 21.3. The lowest BCUT2D eigenvalue weighted by Crippen LogP contribution is -2.32. The zero-order valence-corrected chi connectivity index (χ0v) is 10.8. The summed E-state index contributed by atoms with van der Waals surface area (Å²) in [4.78, 5) is 10.5. The number of nitrogens with zero attached hydrogens (tertiary/aromatic N) is 2. The molecule has 0 radical (unpaired) electrons. The predicted molar refractivity (Wildman–Crippen MR) is 68.3 cm³/mol. The zero-order valence-electron chi connectivity index (χ0n) is 10.0. The summed E-state index contributed by atoms with van der Waals surface area (Å²) in [6.45, 7) is 2.08. The van der Waals surface area contributed by atoms with Crippen molar-refractivity contribution < 1.29 is 9.66 Å². The van der Waals surface area contributed by atoms with Gasteiger partial charge in [-0.15, -0.1) is 0 Å². The maximum atomic E-state index is 11.0. The fourth-order valence-electron chi connectivity index (χ4n) is 1.87. The van der Waals surface area contributed by atoms with Crippen LogP contribution in [0.3, 0.4) is 0 Å². The van der Waals surface area contributed by atoms with E-state index in [1.165, 1.54) is 12.3 Å². The molecule has 1 aliphatic heterocycles. The quantitative estimate of drug-likeness (QED) is 0.630. The number of dihydropyridines is 1. The average molecular weight is 280 g/mol. The summed E-state index contributed by atoms with van der Waals surface area (Å²) in [5, 5.41) is 23.1. The van der Waals surface area contributed by atoms with Crippen LogP contribution in [0, 0.1) is 21.4 Å². The van der Waals surface area contributed by atoms with E-state index >= 15 is 0 Å². The predicted octanol–water partition coefficient (Wildman–Crippen LogP) is 1.95. The standard InChI is InChI=1S/C12H10ClN3O3/c1-2-19-11-4-9-8(3-10(11)16(17)18)12(13)7(5-14)6-15-9/h3-4,6,9,15H,2H2,1H3. The third kappa shape index (κ3) is 2.33. The Bertz CT molecular complexity index is 596. The molecule has 0 aromatic carbocycles. The summed E-state index contributed by atoms with van der Waals surface area (Å²) < 4.78 is 5.25. The van der Waals surface area contributed by atoms with Crippen LogP contribution in [0.1, 0.15) is 6.92 Å². The topological polar surface area (TPSA) is 88.2 Å². The second-order valence-electron chi connectivity index (χ2n) is 3.83. The Kier molecular flexibility index (Phi) is 3.58. The first kappa shape index (κ1) is 13.2. The molecule has 1 atom stereocenters. The minimum absolute atomic E-state index is 0.160. The van der Waals surface area contributed by atoms with Crippen LogP contribution in [0.4, 0.5) is 0 Å². The molecule has 0 aromatic rings. The van der Waals surface area contributed by atoms with Crippen molar-refractivity contribution in [3.63, 3.8) is 0 Å². The van der Waals surface area contributed by atoms with Crippen molar-refractivity contribution in [2.24, 2.45) is 0 Å².